The zero-order valence-corrected chi connectivity index (χ0v) is 23.3. The third-order valence-corrected chi connectivity index (χ3v) is 6.46. The van der Waals surface area contributed by atoms with E-state index in [1.54, 1.807) is 0 Å². The lowest BCUT2D eigenvalue weighted by atomic mass is 10.1. The van der Waals surface area contributed by atoms with Gasteiger partial charge in [0, 0.05) is 19.4 Å². The summed E-state index contributed by atoms with van der Waals surface area (Å²) < 4.78 is 4.65. The SMILES string of the molecule is CCCCCC=CCC=CCCCCCCCCNC(=O)CCCCCCCCCCC(=O)OC. The van der Waals surface area contributed by atoms with E-state index in [-0.39, 0.29) is 11.9 Å². The molecule has 0 aromatic carbocycles. The van der Waals surface area contributed by atoms with Gasteiger partial charge >= 0.3 is 5.97 Å². The summed E-state index contributed by atoms with van der Waals surface area (Å²) >= 11 is 0. The Bertz CT molecular complexity index is 527. The van der Waals surface area contributed by atoms with Gasteiger partial charge in [-0.2, -0.15) is 0 Å². The molecule has 35 heavy (non-hydrogen) atoms. The van der Waals surface area contributed by atoms with Crippen LogP contribution in [0.15, 0.2) is 24.3 Å². The van der Waals surface area contributed by atoms with Crippen molar-refractivity contribution in [2.24, 2.45) is 0 Å². The lowest BCUT2D eigenvalue weighted by Crippen LogP contribution is -2.23. The molecular weight excluding hydrogens is 434 g/mol. The Morgan fingerprint density at radius 2 is 1.09 bits per heavy atom. The maximum absolute atomic E-state index is 11.9. The molecule has 0 saturated carbocycles. The molecule has 0 fully saturated rings. The van der Waals surface area contributed by atoms with Gasteiger partial charge in [-0.15, -0.1) is 0 Å². The molecule has 0 radical (unpaired) electrons. The maximum atomic E-state index is 11.9. The van der Waals surface area contributed by atoms with Gasteiger partial charge in [0.25, 0.3) is 0 Å². The second-order valence-corrected chi connectivity index (χ2v) is 9.84. The molecule has 204 valence electrons. The highest BCUT2D eigenvalue weighted by molar-refractivity contribution is 5.75. The van der Waals surface area contributed by atoms with Crippen LogP contribution in [-0.2, 0) is 14.3 Å². The highest BCUT2D eigenvalue weighted by Gasteiger charge is 2.01. The lowest BCUT2D eigenvalue weighted by Gasteiger charge is -2.06. The maximum Gasteiger partial charge on any atom is 0.305 e. The fourth-order valence-electron chi connectivity index (χ4n) is 4.15. The number of unbranched alkanes of at least 4 members (excludes halogenated alkanes) is 16. The number of methoxy groups -OCH3 is 1. The molecule has 0 spiro atoms. The molecule has 4 nitrogen and oxygen atoms in total. The number of rotatable bonds is 26. The quantitative estimate of drug-likeness (QED) is 0.0746. The van der Waals surface area contributed by atoms with Gasteiger partial charge in [0.2, 0.25) is 5.91 Å². The Kier molecular flexibility index (Phi) is 27.4. The lowest BCUT2D eigenvalue weighted by molar-refractivity contribution is -0.140. The minimum atomic E-state index is -0.103. The Balaban J connectivity index is 3.25. The van der Waals surface area contributed by atoms with Crippen LogP contribution in [0.4, 0.5) is 0 Å². The third-order valence-electron chi connectivity index (χ3n) is 6.46. The van der Waals surface area contributed by atoms with Crippen LogP contribution in [0.2, 0.25) is 0 Å². The molecule has 0 aromatic rings. The topological polar surface area (TPSA) is 55.4 Å². The molecule has 0 aliphatic rings. The minimum absolute atomic E-state index is 0.103. The normalized spacial score (nSPS) is 11.5. The average Bonchev–Trinajstić information content (AvgIpc) is 2.86. The molecule has 0 aliphatic heterocycles. The predicted molar refractivity (Wildman–Crippen MR) is 151 cm³/mol. The zero-order valence-electron chi connectivity index (χ0n) is 23.3. The summed E-state index contributed by atoms with van der Waals surface area (Å²) in [6, 6.07) is 0. The van der Waals surface area contributed by atoms with Crippen molar-refractivity contribution in [2.45, 2.75) is 148 Å². The number of carbonyl (C=O) groups is 2. The standard InChI is InChI=1S/C31H57NO3/c1-3-4-5-6-7-8-9-10-11-12-13-14-17-20-23-26-29-32-30(33)27-24-21-18-15-16-19-22-25-28-31(34)35-2/h7-8,10-11H,3-6,9,12-29H2,1-2H3,(H,32,33). The molecule has 1 amide bonds. The van der Waals surface area contributed by atoms with Crippen LogP contribution in [0, 0.1) is 0 Å². The Morgan fingerprint density at radius 1 is 0.600 bits per heavy atom. The van der Waals surface area contributed by atoms with Crippen molar-refractivity contribution in [1.82, 2.24) is 5.32 Å². The number of esters is 1. The Morgan fingerprint density at radius 3 is 1.66 bits per heavy atom. The van der Waals surface area contributed by atoms with E-state index in [9.17, 15) is 9.59 Å². The minimum Gasteiger partial charge on any atom is -0.469 e. The van der Waals surface area contributed by atoms with Crippen molar-refractivity contribution in [3.63, 3.8) is 0 Å². The molecule has 0 bridgehead atoms. The first-order chi connectivity index (χ1) is 17.2. The van der Waals surface area contributed by atoms with Crippen molar-refractivity contribution >= 4 is 11.9 Å². The molecule has 0 atom stereocenters. The van der Waals surface area contributed by atoms with Crippen LogP contribution < -0.4 is 5.32 Å². The molecule has 0 aliphatic carbocycles. The van der Waals surface area contributed by atoms with Crippen molar-refractivity contribution in [1.29, 1.82) is 0 Å². The first kappa shape index (κ1) is 33.4. The summed E-state index contributed by atoms with van der Waals surface area (Å²) in [4.78, 5) is 23.0. The fourth-order valence-corrected chi connectivity index (χ4v) is 4.15. The van der Waals surface area contributed by atoms with E-state index in [1.807, 2.05) is 0 Å². The van der Waals surface area contributed by atoms with E-state index >= 15 is 0 Å². The Labute approximate surface area is 217 Å². The summed E-state index contributed by atoms with van der Waals surface area (Å²) in [5.41, 5.74) is 0. The molecule has 0 heterocycles. The van der Waals surface area contributed by atoms with Crippen LogP contribution in [-0.4, -0.2) is 25.5 Å². The number of nitrogens with one attached hydrogen (secondary N) is 1. The predicted octanol–water partition coefficient (Wildman–Crippen LogP) is 8.99. The van der Waals surface area contributed by atoms with Crippen LogP contribution in [0.25, 0.3) is 0 Å². The molecule has 0 rings (SSSR count). The van der Waals surface area contributed by atoms with Gasteiger partial charge in [-0.1, -0.05) is 108 Å². The van der Waals surface area contributed by atoms with E-state index in [2.05, 4.69) is 41.3 Å². The van der Waals surface area contributed by atoms with E-state index in [0.29, 0.717) is 12.8 Å². The van der Waals surface area contributed by atoms with Crippen LogP contribution >= 0.6 is 0 Å². The zero-order chi connectivity index (χ0) is 25.7. The first-order valence-electron chi connectivity index (χ1n) is 14.8. The van der Waals surface area contributed by atoms with Crippen LogP contribution in [0.5, 0.6) is 0 Å². The largest absolute Gasteiger partial charge is 0.469 e. The smallest absolute Gasteiger partial charge is 0.305 e. The van der Waals surface area contributed by atoms with E-state index in [1.165, 1.54) is 97.0 Å². The fraction of sp³-hybridized carbons (Fsp3) is 0.806. The highest BCUT2D eigenvalue weighted by atomic mass is 16.5. The molecule has 0 aromatic heterocycles. The number of allylic oxidation sites excluding steroid dienone is 4. The summed E-state index contributed by atoms with van der Waals surface area (Å²) in [6.45, 7) is 3.08. The second-order valence-electron chi connectivity index (χ2n) is 9.84. The van der Waals surface area contributed by atoms with Gasteiger partial charge in [0.15, 0.2) is 0 Å². The van der Waals surface area contributed by atoms with Gasteiger partial charge in [-0.3, -0.25) is 9.59 Å². The number of amides is 1. The highest BCUT2D eigenvalue weighted by Crippen LogP contribution is 2.11. The van der Waals surface area contributed by atoms with E-state index in [4.69, 9.17) is 0 Å². The van der Waals surface area contributed by atoms with Gasteiger partial charge in [0.1, 0.15) is 0 Å². The van der Waals surface area contributed by atoms with Crippen LogP contribution in [0.1, 0.15) is 148 Å². The number of carbonyl (C=O) groups excluding carboxylic acids is 2. The molecule has 0 unspecified atom stereocenters. The van der Waals surface area contributed by atoms with E-state index in [0.717, 1.165) is 45.1 Å². The van der Waals surface area contributed by atoms with Gasteiger partial charge in [-0.05, 0) is 51.4 Å². The van der Waals surface area contributed by atoms with Gasteiger partial charge < -0.3 is 10.1 Å². The summed E-state index contributed by atoms with van der Waals surface area (Å²) in [5, 5.41) is 3.08. The molecule has 4 heteroatoms. The van der Waals surface area contributed by atoms with Crippen molar-refractivity contribution in [2.75, 3.05) is 13.7 Å². The summed E-state index contributed by atoms with van der Waals surface area (Å²) in [6.07, 6.45) is 34.5. The molecular formula is C31H57NO3. The van der Waals surface area contributed by atoms with Gasteiger partial charge in [-0.25, -0.2) is 0 Å². The first-order valence-corrected chi connectivity index (χ1v) is 14.8. The molecule has 0 saturated heterocycles. The Hall–Kier alpha value is -1.58. The monoisotopic (exact) mass is 491 g/mol. The summed E-state index contributed by atoms with van der Waals surface area (Å²) in [7, 11) is 1.45. The van der Waals surface area contributed by atoms with Crippen molar-refractivity contribution in [3.05, 3.63) is 24.3 Å². The van der Waals surface area contributed by atoms with Crippen molar-refractivity contribution < 1.29 is 14.3 Å². The van der Waals surface area contributed by atoms with E-state index < -0.39 is 0 Å². The number of hydrogen-bond acceptors (Lipinski definition) is 3. The average molecular weight is 492 g/mol. The molecule has 1 N–H and O–H groups in total. The third kappa shape index (κ3) is 28.5. The number of hydrogen-bond donors (Lipinski definition) is 1. The second kappa shape index (κ2) is 28.7. The van der Waals surface area contributed by atoms with Crippen molar-refractivity contribution in [3.8, 4) is 0 Å². The summed E-state index contributed by atoms with van der Waals surface area (Å²) in [5.74, 6) is 0.115. The van der Waals surface area contributed by atoms with Crippen LogP contribution in [0.3, 0.4) is 0 Å². The number of ether oxygens (including phenoxy) is 1. The van der Waals surface area contributed by atoms with Gasteiger partial charge in [0.05, 0.1) is 7.11 Å².